The van der Waals surface area contributed by atoms with Crippen LogP contribution >= 0.6 is 0 Å². The molecule has 3 heteroatoms. The molecule has 0 aromatic heterocycles. The van der Waals surface area contributed by atoms with E-state index in [4.69, 9.17) is 0 Å². The maximum Gasteiger partial charge on any atom is 0.122 e. The van der Waals surface area contributed by atoms with Gasteiger partial charge < -0.3 is 0 Å². The van der Waals surface area contributed by atoms with Crippen LogP contribution in [0.4, 0.5) is 0 Å². The van der Waals surface area contributed by atoms with E-state index in [1.165, 1.54) is 19.3 Å². The Morgan fingerprint density at radius 1 is 1.30 bits per heavy atom. The molecular formula is C17H31N3. The van der Waals surface area contributed by atoms with Gasteiger partial charge in [-0.2, -0.15) is 5.26 Å². The molecule has 0 spiro atoms. The summed E-state index contributed by atoms with van der Waals surface area (Å²) >= 11 is 0. The number of nitrogens with one attached hydrogen (secondary N) is 1. The summed E-state index contributed by atoms with van der Waals surface area (Å²) in [7, 11) is 0. The number of piperidine rings is 1. The normalized spacial score (nSPS) is 34.8. The third kappa shape index (κ3) is 3.35. The molecule has 0 radical (unpaired) electrons. The molecule has 2 fully saturated rings. The molecule has 0 aromatic rings. The summed E-state index contributed by atoms with van der Waals surface area (Å²) < 4.78 is 0. The fourth-order valence-electron chi connectivity index (χ4n) is 3.90. The Balaban J connectivity index is 2.12. The van der Waals surface area contributed by atoms with Gasteiger partial charge in [-0.1, -0.05) is 13.8 Å². The zero-order chi connectivity index (χ0) is 14.9. The Kier molecular flexibility index (Phi) is 4.76. The van der Waals surface area contributed by atoms with Gasteiger partial charge in [0.15, 0.2) is 0 Å². The number of nitrogens with zero attached hydrogens (tertiary/aromatic N) is 2. The standard InChI is InChI=1S/C17H31N3/c1-12(2)19-17(10-18,16-6-7-16)11-20-9-13(3)8-14(4)15(20)5/h12-16,19H,6-9,11H2,1-5H3. The summed E-state index contributed by atoms with van der Waals surface area (Å²) in [5.41, 5.74) is -0.334. The van der Waals surface area contributed by atoms with Crippen LogP contribution in [0.25, 0.3) is 0 Å². The smallest absolute Gasteiger partial charge is 0.122 e. The van der Waals surface area contributed by atoms with Crippen molar-refractivity contribution < 1.29 is 0 Å². The second-order valence-electron chi connectivity index (χ2n) is 7.64. The van der Waals surface area contributed by atoms with Crippen LogP contribution in [0, 0.1) is 29.1 Å². The Hall–Kier alpha value is -0.590. The summed E-state index contributed by atoms with van der Waals surface area (Å²) in [6.07, 6.45) is 3.74. The van der Waals surface area contributed by atoms with Gasteiger partial charge in [-0.3, -0.25) is 10.2 Å². The SMILES string of the molecule is CC1CC(C)C(C)N(CC(C#N)(NC(C)C)C2CC2)C1. The number of hydrogen-bond acceptors (Lipinski definition) is 3. The van der Waals surface area contributed by atoms with Gasteiger partial charge >= 0.3 is 0 Å². The molecule has 2 rings (SSSR count). The second kappa shape index (κ2) is 6.03. The molecule has 4 unspecified atom stereocenters. The highest BCUT2D eigenvalue weighted by Gasteiger charge is 2.48. The Labute approximate surface area is 124 Å². The van der Waals surface area contributed by atoms with Gasteiger partial charge in [-0.05, 0) is 57.8 Å². The van der Waals surface area contributed by atoms with Crippen molar-refractivity contribution in [1.82, 2.24) is 10.2 Å². The summed E-state index contributed by atoms with van der Waals surface area (Å²) in [4.78, 5) is 2.57. The van der Waals surface area contributed by atoms with Crippen LogP contribution in [0.2, 0.25) is 0 Å². The van der Waals surface area contributed by atoms with E-state index in [1.807, 2.05) is 0 Å². The molecular weight excluding hydrogens is 246 g/mol. The molecule has 0 bridgehead atoms. The third-order valence-electron chi connectivity index (χ3n) is 5.19. The van der Waals surface area contributed by atoms with E-state index in [0.717, 1.165) is 24.9 Å². The second-order valence-corrected chi connectivity index (χ2v) is 7.64. The molecule has 1 N–H and O–H groups in total. The lowest BCUT2D eigenvalue weighted by Gasteiger charge is -2.45. The minimum atomic E-state index is -0.334. The third-order valence-corrected chi connectivity index (χ3v) is 5.19. The van der Waals surface area contributed by atoms with Gasteiger partial charge in [0.2, 0.25) is 0 Å². The van der Waals surface area contributed by atoms with Gasteiger partial charge in [0.05, 0.1) is 6.07 Å². The van der Waals surface area contributed by atoms with Crippen molar-refractivity contribution in [3.05, 3.63) is 0 Å². The zero-order valence-corrected chi connectivity index (χ0v) is 13.8. The molecule has 4 atom stereocenters. The minimum absolute atomic E-state index is 0.334. The fraction of sp³-hybridized carbons (Fsp3) is 0.941. The maximum absolute atomic E-state index is 9.85. The summed E-state index contributed by atoms with van der Waals surface area (Å²) in [5.74, 6) is 2.03. The zero-order valence-electron chi connectivity index (χ0n) is 13.8. The van der Waals surface area contributed by atoms with Crippen molar-refractivity contribution in [2.24, 2.45) is 17.8 Å². The first kappa shape index (κ1) is 15.8. The molecule has 3 nitrogen and oxygen atoms in total. The minimum Gasteiger partial charge on any atom is -0.297 e. The number of hydrogen-bond donors (Lipinski definition) is 1. The van der Waals surface area contributed by atoms with Gasteiger partial charge in [-0.25, -0.2) is 0 Å². The van der Waals surface area contributed by atoms with Gasteiger partial charge in [0.25, 0.3) is 0 Å². The molecule has 0 aromatic carbocycles. The molecule has 20 heavy (non-hydrogen) atoms. The van der Waals surface area contributed by atoms with Crippen molar-refractivity contribution >= 4 is 0 Å². The lowest BCUT2D eigenvalue weighted by Crippen LogP contribution is -2.60. The number of likely N-dealkylation sites (tertiary alicyclic amines) is 1. The van der Waals surface area contributed by atoms with E-state index in [2.05, 4.69) is 50.9 Å². The highest BCUT2D eigenvalue weighted by molar-refractivity contribution is 5.17. The summed E-state index contributed by atoms with van der Waals surface area (Å²) in [6.45, 7) is 13.4. The predicted molar refractivity (Wildman–Crippen MR) is 83.3 cm³/mol. The lowest BCUT2D eigenvalue weighted by molar-refractivity contribution is 0.0544. The molecule has 1 saturated carbocycles. The fourth-order valence-corrected chi connectivity index (χ4v) is 3.90. The molecule has 2 aliphatic rings. The summed E-state index contributed by atoms with van der Waals surface area (Å²) in [5, 5.41) is 13.4. The Morgan fingerprint density at radius 2 is 1.95 bits per heavy atom. The Morgan fingerprint density at radius 3 is 2.45 bits per heavy atom. The largest absolute Gasteiger partial charge is 0.297 e. The maximum atomic E-state index is 9.85. The number of nitriles is 1. The van der Waals surface area contributed by atoms with E-state index < -0.39 is 0 Å². The average molecular weight is 277 g/mol. The lowest BCUT2D eigenvalue weighted by atomic mass is 9.83. The van der Waals surface area contributed by atoms with Gasteiger partial charge in [0.1, 0.15) is 5.54 Å². The van der Waals surface area contributed by atoms with Crippen LogP contribution in [0.3, 0.4) is 0 Å². The molecule has 1 aliphatic heterocycles. The highest BCUT2D eigenvalue weighted by atomic mass is 15.2. The van der Waals surface area contributed by atoms with E-state index >= 15 is 0 Å². The van der Waals surface area contributed by atoms with Crippen LogP contribution < -0.4 is 5.32 Å². The molecule has 1 aliphatic carbocycles. The van der Waals surface area contributed by atoms with E-state index in [0.29, 0.717) is 18.0 Å². The average Bonchev–Trinajstić information content (AvgIpc) is 3.18. The van der Waals surface area contributed by atoms with E-state index in [1.54, 1.807) is 0 Å². The quantitative estimate of drug-likeness (QED) is 0.839. The van der Waals surface area contributed by atoms with Gasteiger partial charge in [-0.15, -0.1) is 0 Å². The van der Waals surface area contributed by atoms with Crippen molar-refractivity contribution in [3.8, 4) is 6.07 Å². The van der Waals surface area contributed by atoms with E-state index in [9.17, 15) is 5.26 Å². The first-order valence-corrected chi connectivity index (χ1v) is 8.31. The van der Waals surface area contributed by atoms with E-state index in [-0.39, 0.29) is 5.54 Å². The van der Waals surface area contributed by atoms with Crippen molar-refractivity contribution in [2.45, 2.75) is 71.5 Å². The molecule has 1 heterocycles. The topological polar surface area (TPSA) is 39.1 Å². The highest BCUT2D eigenvalue weighted by Crippen LogP contribution is 2.41. The molecule has 1 saturated heterocycles. The first-order valence-electron chi connectivity index (χ1n) is 8.31. The van der Waals surface area contributed by atoms with Crippen molar-refractivity contribution in [2.75, 3.05) is 13.1 Å². The van der Waals surface area contributed by atoms with Crippen LogP contribution in [0.1, 0.15) is 53.9 Å². The first-order chi connectivity index (χ1) is 9.38. The van der Waals surface area contributed by atoms with Gasteiger partial charge in [0, 0.05) is 25.2 Å². The van der Waals surface area contributed by atoms with Crippen LogP contribution in [0.15, 0.2) is 0 Å². The predicted octanol–water partition coefficient (Wildman–Crippen LogP) is 3.02. The van der Waals surface area contributed by atoms with Crippen molar-refractivity contribution in [3.63, 3.8) is 0 Å². The van der Waals surface area contributed by atoms with Crippen molar-refractivity contribution in [1.29, 1.82) is 5.26 Å². The van der Waals surface area contributed by atoms with Crippen LogP contribution in [-0.4, -0.2) is 35.6 Å². The molecule has 114 valence electrons. The van der Waals surface area contributed by atoms with Crippen LogP contribution in [-0.2, 0) is 0 Å². The summed E-state index contributed by atoms with van der Waals surface area (Å²) in [6, 6.07) is 3.61. The van der Waals surface area contributed by atoms with Crippen LogP contribution in [0.5, 0.6) is 0 Å². The monoisotopic (exact) mass is 277 g/mol. The number of rotatable bonds is 5. The Bertz CT molecular complexity index is 369. The molecule has 0 amide bonds.